The number of ether oxygens (including phenoxy) is 12. The normalized spacial score (nSPS) is 17.0. The molecule has 444 valence electrons. The fraction of sp³-hybridized carbons (Fsp3) is 0.611. The van der Waals surface area contributed by atoms with Crippen molar-refractivity contribution < 1.29 is 85.7 Å². The summed E-state index contributed by atoms with van der Waals surface area (Å²) in [6, 6.07) is 14.9. The van der Waals surface area contributed by atoms with Crippen LogP contribution in [0.2, 0.25) is 0 Å². The summed E-state index contributed by atoms with van der Waals surface area (Å²) in [6.45, 7) is 10.8. The average molecular weight is 1140 g/mol. The molecule has 1 aliphatic carbocycles. The van der Waals surface area contributed by atoms with E-state index in [2.05, 4.69) is 30.9 Å². The van der Waals surface area contributed by atoms with Crippen molar-refractivity contribution >= 4 is 46.6 Å². The molecular weight excluding hydrogens is 1060 g/mol. The molecule has 5 amide bonds. The second-order valence-electron chi connectivity index (χ2n) is 18.6. The van der Waals surface area contributed by atoms with Crippen LogP contribution < -0.4 is 10.6 Å². The molecule has 27 heteroatoms. The Bertz CT molecular complexity index is 2510. The first-order chi connectivity index (χ1) is 39.8. The van der Waals surface area contributed by atoms with Crippen molar-refractivity contribution in [1.82, 2.24) is 40.2 Å². The van der Waals surface area contributed by atoms with E-state index in [0.29, 0.717) is 181 Å². The Labute approximate surface area is 469 Å². The summed E-state index contributed by atoms with van der Waals surface area (Å²) in [5.74, 6) is -1.48. The van der Waals surface area contributed by atoms with Crippen molar-refractivity contribution in [3.05, 3.63) is 66.5 Å². The second kappa shape index (κ2) is 35.6. The number of hydrogen-bond acceptors (Lipinski definition) is 23. The number of carbonyl (C=O) groups is 5. The zero-order valence-corrected chi connectivity index (χ0v) is 45.8. The molecule has 3 aliphatic rings. The van der Waals surface area contributed by atoms with Crippen LogP contribution in [-0.4, -0.2) is 235 Å². The fourth-order valence-corrected chi connectivity index (χ4v) is 8.37. The van der Waals surface area contributed by atoms with E-state index in [9.17, 15) is 24.0 Å². The molecule has 27 nitrogen and oxygen atoms in total. The van der Waals surface area contributed by atoms with E-state index in [1.54, 1.807) is 10.9 Å². The molecular formula is C54H75N9O18. The summed E-state index contributed by atoms with van der Waals surface area (Å²) >= 11 is 0. The Morgan fingerprint density at radius 1 is 0.605 bits per heavy atom. The number of fused-ring (bicyclic) bond motifs is 1. The van der Waals surface area contributed by atoms with Gasteiger partial charge in [-0.2, -0.15) is 0 Å². The minimum absolute atomic E-state index is 0.0508. The van der Waals surface area contributed by atoms with Crippen molar-refractivity contribution in [2.24, 2.45) is 0 Å². The molecule has 4 aromatic rings. The summed E-state index contributed by atoms with van der Waals surface area (Å²) < 4.78 is 67.9. The summed E-state index contributed by atoms with van der Waals surface area (Å²) in [7, 11) is 0. The number of urea groups is 1. The number of hydrogen-bond donors (Lipinski definition) is 2. The van der Waals surface area contributed by atoms with Gasteiger partial charge in [-0.15, -0.1) is 10.2 Å². The van der Waals surface area contributed by atoms with Gasteiger partial charge >= 0.3 is 12.0 Å². The lowest BCUT2D eigenvalue weighted by molar-refractivity contribution is -0.198. The lowest BCUT2D eigenvalue weighted by Gasteiger charge is -2.42. The number of amides is 5. The molecule has 2 aromatic heterocycles. The van der Waals surface area contributed by atoms with Crippen molar-refractivity contribution in [3.8, 4) is 11.3 Å². The van der Waals surface area contributed by atoms with Gasteiger partial charge in [-0.1, -0.05) is 41.6 Å². The van der Waals surface area contributed by atoms with Gasteiger partial charge in [0.1, 0.15) is 11.2 Å². The topological polar surface area (TPSA) is 292 Å². The van der Waals surface area contributed by atoms with E-state index < -0.39 is 23.3 Å². The summed E-state index contributed by atoms with van der Waals surface area (Å²) in [5, 5.41) is 16.2. The van der Waals surface area contributed by atoms with Crippen LogP contribution >= 0.6 is 0 Å². The number of nitrogens with one attached hydrogen (secondary N) is 2. The third-order valence-corrected chi connectivity index (χ3v) is 12.6. The van der Waals surface area contributed by atoms with Crippen LogP contribution in [0.5, 0.6) is 0 Å². The van der Waals surface area contributed by atoms with E-state index in [1.807, 2.05) is 54.7 Å². The second-order valence-corrected chi connectivity index (χ2v) is 18.6. The van der Waals surface area contributed by atoms with Crippen molar-refractivity contribution in [2.45, 2.75) is 56.8 Å². The van der Waals surface area contributed by atoms with Gasteiger partial charge in [-0.25, -0.2) is 24.2 Å². The Kier molecular flexibility index (Phi) is 27.4. The van der Waals surface area contributed by atoms with Crippen LogP contribution in [0.4, 0.5) is 10.7 Å². The molecule has 2 aliphatic heterocycles. The van der Waals surface area contributed by atoms with Crippen LogP contribution in [0, 0.1) is 0 Å². The number of aromatic nitrogens is 5. The molecule has 2 N–H and O–H groups in total. The predicted octanol–water partition coefficient (Wildman–Crippen LogP) is 2.15. The predicted molar refractivity (Wildman–Crippen MR) is 285 cm³/mol. The van der Waals surface area contributed by atoms with Crippen LogP contribution in [0.15, 0.2) is 60.9 Å². The molecule has 81 heavy (non-hydrogen) atoms. The minimum Gasteiger partial charge on any atom is -0.378 e. The zero-order chi connectivity index (χ0) is 56.6. The SMILES string of the molecule is O=C(CCOCCOCCOCCOCCOCCOCCOCCOCCOCCOCCOCCOCCn1cc(-c2ccc3nc(NC4CC5(C4)NC(=O)N(Cc4ccccc4)C5=O)ncc3c2)nn1)ON1C(=O)CCC1=O. The number of benzene rings is 2. The zero-order valence-electron chi connectivity index (χ0n) is 45.8. The summed E-state index contributed by atoms with van der Waals surface area (Å²) in [6.07, 6.45) is 4.55. The molecule has 0 atom stereocenters. The molecule has 1 saturated carbocycles. The van der Waals surface area contributed by atoms with Gasteiger partial charge in [0.25, 0.3) is 17.7 Å². The number of nitrogens with zero attached hydrogens (tertiary/aromatic N) is 7. The van der Waals surface area contributed by atoms with E-state index in [4.69, 9.17) is 61.7 Å². The largest absolute Gasteiger partial charge is 0.378 e. The number of anilines is 1. The molecule has 2 saturated heterocycles. The Morgan fingerprint density at radius 3 is 1.59 bits per heavy atom. The van der Waals surface area contributed by atoms with E-state index >= 15 is 0 Å². The van der Waals surface area contributed by atoms with Crippen molar-refractivity contribution in [2.75, 3.05) is 164 Å². The van der Waals surface area contributed by atoms with Crippen molar-refractivity contribution in [3.63, 3.8) is 0 Å². The van der Waals surface area contributed by atoms with Gasteiger partial charge in [-0.05, 0) is 30.5 Å². The van der Waals surface area contributed by atoms with Crippen LogP contribution in [0.25, 0.3) is 22.2 Å². The molecule has 0 unspecified atom stereocenters. The summed E-state index contributed by atoms with van der Waals surface area (Å²) in [4.78, 5) is 75.8. The first-order valence-corrected chi connectivity index (χ1v) is 27.4. The van der Waals surface area contributed by atoms with Gasteiger partial charge < -0.3 is 72.3 Å². The highest BCUT2D eigenvalue weighted by Gasteiger charge is 2.58. The van der Waals surface area contributed by atoms with Crippen LogP contribution in [-0.2, 0) is 93.9 Å². The number of imide groups is 2. The van der Waals surface area contributed by atoms with E-state index in [1.165, 1.54) is 4.90 Å². The molecule has 1 spiro atoms. The number of rotatable bonds is 45. The lowest BCUT2D eigenvalue weighted by Crippen LogP contribution is -2.61. The van der Waals surface area contributed by atoms with Gasteiger partial charge in [0, 0.05) is 36.0 Å². The van der Waals surface area contributed by atoms with Gasteiger partial charge in [-0.3, -0.25) is 19.3 Å². The first kappa shape index (κ1) is 62.4. The molecule has 2 aromatic carbocycles. The maximum absolute atomic E-state index is 13.2. The average Bonchev–Trinajstić information content (AvgIpc) is 4.22. The Balaban J connectivity index is 0.562. The third kappa shape index (κ3) is 21.9. The summed E-state index contributed by atoms with van der Waals surface area (Å²) in [5.41, 5.74) is 2.36. The highest BCUT2D eigenvalue weighted by molar-refractivity contribution is 6.08. The quantitative estimate of drug-likeness (QED) is 0.0364. The van der Waals surface area contributed by atoms with Gasteiger partial charge in [0.05, 0.1) is 190 Å². The Hall–Kier alpha value is -6.21. The highest BCUT2D eigenvalue weighted by Crippen LogP contribution is 2.39. The fourth-order valence-electron chi connectivity index (χ4n) is 8.37. The number of hydroxylamine groups is 2. The molecule has 0 radical (unpaired) electrons. The van der Waals surface area contributed by atoms with Crippen LogP contribution in [0.1, 0.15) is 37.7 Å². The molecule has 3 fully saturated rings. The Morgan fingerprint density at radius 2 is 1.09 bits per heavy atom. The molecule has 0 bridgehead atoms. The number of carbonyl (C=O) groups excluding carboxylic acids is 5. The van der Waals surface area contributed by atoms with Gasteiger partial charge in [0.2, 0.25) is 5.95 Å². The van der Waals surface area contributed by atoms with Crippen LogP contribution in [0.3, 0.4) is 0 Å². The first-order valence-electron chi connectivity index (χ1n) is 27.4. The van der Waals surface area contributed by atoms with E-state index in [0.717, 1.165) is 22.0 Å². The lowest BCUT2D eigenvalue weighted by atomic mass is 9.72. The molecule has 4 heterocycles. The standard InChI is InChI=1S/C54H75N9O18/c64-48-8-9-49(65)63(48)81-50(66)10-12-69-14-16-71-18-20-73-22-24-75-26-28-77-30-32-79-34-35-80-33-31-78-29-27-76-25-23-74-21-19-72-17-15-70-13-11-61-41-47(59-60-61)43-6-7-46-44(36-43)39-55-52(57-46)56-45-37-54(38-45)51(67)62(53(68)58-54)40-42-4-2-1-3-5-42/h1-7,36,39,41,45H,8-35,37-38,40H2,(H,58,68)(H,55,56,57). The maximum Gasteiger partial charge on any atom is 0.335 e. The monoisotopic (exact) mass is 1140 g/mol. The molecule has 7 rings (SSSR count). The van der Waals surface area contributed by atoms with Crippen molar-refractivity contribution in [1.29, 1.82) is 0 Å². The maximum atomic E-state index is 13.2. The minimum atomic E-state index is -0.891. The smallest absolute Gasteiger partial charge is 0.335 e. The van der Waals surface area contributed by atoms with E-state index in [-0.39, 0.29) is 57.0 Å². The van der Waals surface area contributed by atoms with Gasteiger partial charge in [0.15, 0.2) is 0 Å². The highest BCUT2D eigenvalue weighted by atomic mass is 16.7. The third-order valence-electron chi connectivity index (χ3n) is 12.6.